The van der Waals surface area contributed by atoms with E-state index in [1.165, 1.54) is 5.56 Å². The van der Waals surface area contributed by atoms with Gasteiger partial charge in [0.05, 0.1) is 10.6 Å². The maximum atomic E-state index is 13.7. The molecular formula is C27H28N2OS2. The average molecular weight is 461 g/mol. The fourth-order valence-electron chi connectivity index (χ4n) is 3.63. The van der Waals surface area contributed by atoms with Crippen molar-refractivity contribution in [3.63, 3.8) is 0 Å². The van der Waals surface area contributed by atoms with Crippen LogP contribution in [0.25, 0.3) is 10.1 Å². The van der Waals surface area contributed by atoms with Crippen molar-refractivity contribution in [2.24, 2.45) is 0 Å². The van der Waals surface area contributed by atoms with Gasteiger partial charge in [-0.25, -0.2) is 0 Å². The molecule has 0 N–H and O–H groups in total. The molecule has 3 nitrogen and oxygen atoms in total. The van der Waals surface area contributed by atoms with Crippen molar-refractivity contribution in [3.8, 4) is 0 Å². The van der Waals surface area contributed by atoms with E-state index >= 15 is 0 Å². The smallest absolute Gasteiger partial charge is 0.268 e. The largest absolute Gasteiger partial charge is 0.309 e. The third-order valence-corrected chi connectivity index (χ3v) is 7.50. The fraction of sp³-hybridized carbons (Fsp3) is 0.222. The van der Waals surface area contributed by atoms with E-state index in [1.54, 1.807) is 23.1 Å². The summed E-state index contributed by atoms with van der Waals surface area (Å²) in [7, 11) is 4.14. The summed E-state index contributed by atoms with van der Waals surface area (Å²) in [5, 5.41) is 1.13. The molecule has 5 heteroatoms. The molecule has 0 bridgehead atoms. The van der Waals surface area contributed by atoms with Crippen molar-refractivity contribution in [2.45, 2.75) is 17.1 Å². The van der Waals surface area contributed by atoms with Crippen molar-refractivity contribution >= 4 is 44.8 Å². The van der Waals surface area contributed by atoms with Gasteiger partial charge in [-0.05, 0) is 62.3 Å². The first-order valence-electron chi connectivity index (χ1n) is 10.8. The molecule has 0 unspecified atom stereocenters. The first-order valence-corrected chi connectivity index (χ1v) is 12.6. The first kappa shape index (κ1) is 22.6. The molecule has 0 radical (unpaired) electrons. The van der Waals surface area contributed by atoms with E-state index in [0.717, 1.165) is 44.3 Å². The summed E-state index contributed by atoms with van der Waals surface area (Å²) in [4.78, 5) is 19.8. The lowest BCUT2D eigenvalue weighted by molar-refractivity contribution is 0.0989. The summed E-state index contributed by atoms with van der Waals surface area (Å²) < 4.78 is 1.15. The number of para-hydroxylation sites is 1. The van der Waals surface area contributed by atoms with Gasteiger partial charge >= 0.3 is 0 Å². The summed E-state index contributed by atoms with van der Waals surface area (Å²) in [6.07, 6.45) is 0.918. The van der Waals surface area contributed by atoms with Gasteiger partial charge in [0.1, 0.15) is 0 Å². The van der Waals surface area contributed by atoms with Crippen LogP contribution in [0.5, 0.6) is 0 Å². The van der Waals surface area contributed by atoms with E-state index in [4.69, 9.17) is 0 Å². The minimum absolute atomic E-state index is 0.0812. The summed E-state index contributed by atoms with van der Waals surface area (Å²) in [6, 6.07) is 29.0. The van der Waals surface area contributed by atoms with Gasteiger partial charge in [0.25, 0.3) is 5.91 Å². The predicted molar refractivity (Wildman–Crippen MR) is 139 cm³/mol. The second kappa shape index (κ2) is 10.8. The lowest BCUT2D eigenvalue weighted by Crippen LogP contribution is -2.33. The third-order valence-electron chi connectivity index (χ3n) is 5.26. The number of fused-ring (bicyclic) bond motifs is 1. The van der Waals surface area contributed by atoms with Crippen molar-refractivity contribution in [1.29, 1.82) is 0 Å². The highest BCUT2D eigenvalue weighted by atomic mass is 32.2. The van der Waals surface area contributed by atoms with Crippen molar-refractivity contribution in [2.75, 3.05) is 32.1 Å². The second-order valence-electron chi connectivity index (χ2n) is 8.00. The molecule has 0 atom stereocenters. The summed E-state index contributed by atoms with van der Waals surface area (Å²) >= 11 is 3.36. The molecule has 4 rings (SSSR count). The van der Waals surface area contributed by atoms with Crippen LogP contribution in [0.3, 0.4) is 0 Å². The maximum absolute atomic E-state index is 13.7. The molecule has 0 aliphatic carbocycles. The van der Waals surface area contributed by atoms with Crippen LogP contribution in [-0.4, -0.2) is 38.0 Å². The highest BCUT2D eigenvalue weighted by Crippen LogP contribution is 2.35. The molecule has 0 aliphatic rings. The van der Waals surface area contributed by atoms with E-state index in [-0.39, 0.29) is 5.91 Å². The number of rotatable bonds is 9. The van der Waals surface area contributed by atoms with E-state index in [2.05, 4.69) is 73.6 Å². The zero-order valence-corrected chi connectivity index (χ0v) is 20.2. The monoisotopic (exact) mass is 460 g/mol. The summed E-state index contributed by atoms with van der Waals surface area (Å²) in [5.74, 6) is 0.957. The van der Waals surface area contributed by atoms with Crippen molar-refractivity contribution in [1.82, 2.24) is 4.90 Å². The average Bonchev–Trinajstić information content (AvgIpc) is 3.25. The molecular weight excluding hydrogens is 432 g/mol. The number of hydrogen-bond donors (Lipinski definition) is 0. The zero-order valence-electron chi connectivity index (χ0n) is 18.5. The molecule has 1 heterocycles. The number of carbonyl (C=O) groups excluding carboxylic acids is 1. The molecule has 4 aromatic rings. The Morgan fingerprint density at radius 1 is 0.875 bits per heavy atom. The highest BCUT2D eigenvalue weighted by molar-refractivity contribution is 7.98. The van der Waals surface area contributed by atoms with Gasteiger partial charge in [-0.1, -0.05) is 60.7 Å². The first-order chi connectivity index (χ1) is 15.6. The molecule has 0 saturated carbocycles. The summed E-state index contributed by atoms with van der Waals surface area (Å²) in [6.45, 7) is 1.63. The Morgan fingerprint density at radius 2 is 1.59 bits per heavy atom. The van der Waals surface area contributed by atoms with Gasteiger partial charge in [0.15, 0.2) is 0 Å². The van der Waals surface area contributed by atoms with Gasteiger partial charge < -0.3 is 9.80 Å². The Balaban J connectivity index is 1.63. The van der Waals surface area contributed by atoms with Crippen LogP contribution in [0.15, 0.2) is 89.8 Å². The minimum atomic E-state index is 0.0812. The standard InChI is InChI=1S/C27H28N2OS2/c1-28(2)17-10-18-29(27(30)26-19-22-13-6-8-15-24(22)32-26)23-14-7-9-16-25(23)31-20-21-11-4-3-5-12-21/h3-9,11-16,19H,10,17-18,20H2,1-2H3. The number of hydrogen-bond acceptors (Lipinski definition) is 4. The predicted octanol–water partition coefficient (Wildman–Crippen LogP) is 6.79. The number of amides is 1. The van der Waals surface area contributed by atoms with Gasteiger partial charge in [0, 0.05) is 21.9 Å². The SMILES string of the molecule is CN(C)CCCN(C(=O)c1cc2ccccc2s1)c1ccccc1SCc1ccccc1. The molecule has 1 aromatic heterocycles. The van der Waals surface area contributed by atoms with Gasteiger partial charge in [-0.3, -0.25) is 4.79 Å². The Hall–Kier alpha value is -2.60. The zero-order chi connectivity index (χ0) is 22.3. The molecule has 0 aliphatic heterocycles. The topological polar surface area (TPSA) is 23.6 Å². The van der Waals surface area contributed by atoms with E-state index < -0.39 is 0 Å². The van der Waals surface area contributed by atoms with Crippen LogP contribution in [0, 0.1) is 0 Å². The lowest BCUT2D eigenvalue weighted by Gasteiger charge is -2.25. The minimum Gasteiger partial charge on any atom is -0.309 e. The van der Waals surface area contributed by atoms with Crippen LogP contribution < -0.4 is 4.90 Å². The number of nitrogens with zero attached hydrogens (tertiary/aromatic N) is 2. The molecule has 0 saturated heterocycles. The Labute approximate surface area is 198 Å². The Kier molecular flexibility index (Phi) is 7.63. The quantitative estimate of drug-likeness (QED) is 0.257. The molecule has 164 valence electrons. The maximum Gasteiger partial charge on any atom is 0.268 e. The molecule has 32 heavy (non-hydrogen) atoms. The second-order valence-corrected chi connectivity index (χ2v) is 10.1. The lowest BCUT2D eigenvalue weighted by atomic mass is 10.2. The Morgan fingerprint density at radius 3 is 2.38 bits per heavy atom. The van der Waals surface area contributed by atoms with Crippen LogP contribution in [0.4, 0.5) is 5.69 Å². The fourth-order valence-corrected chi connectivity index (χ4v) is 5.66. The van der Waals surface area contributed by atoms with Crippen molar-refractivity contribution < 1.29 is 4.79 Å². The van der Waals surface area contributed by atoms with E-state index in [9.17, 15) is 4.79 Å². The number of anilines is 1. The number of carbonyl (C=O) groups is 1. The molecule has 0 spiro atoms. The Bertz CT molecular complexity index is 1140. The highest BCUT2D eigenvalue weighted by Gasteiger charge is 2.22. The number of thiophene rings is 1. The van der Waals surface area contributed by atoms with Crippen LogP contribution >= 0.6 is 23.1 Å². The number of benzene rings is 3. The third kappa shape index (κ3) is 5.60. The van der Waals surface area contributed by atoms with Crippen LogP contribution in [0.1, 0.15) is 21.7 Å². The molecule has 0 fully saturated rings. The van der Waals surface area contributed by atoms with Crippen LogP contribution in [0.2, 0.25) is 0 Å². The van der Waals surface area contributed by atoms with Gasteiger partial charge in [-0.2, -0.15) is 0 Å². The van der Waals surface area contributed by atoms with E-state index in [1.807, 2.05) is 35.2 Å². The molecule has 1 amide bonds. The number of thioether (sulfide) groups is 1. The summed E-state index contributed by atoms with van der Waals surface area (Å²) in [5.41, 5.74) is 2.27. The van der Waals surface area contributed by atoms with E-state index in [0.29, 0.717) is 6.54 Å². The molecule has 3 aromatic carbocycles. The van der Waals surface area contributed by atoms with Gasteiger partial charge in [-0.15, -0.1) is 23.1 Å². The van der Waals surface area contributed by atoms with Gasteiger partial charge in [0.2, 0.25) is 0 Å². The van der Waals surface area contributed by atoms with Crippen LogP contribution in [-0.2, 0) is 5.75 Å². The van der Waals surface area contributed by atoms with Crippen molar-refractivity contribution in [3.05, 3.63) is 95.4 Å². The normalized spacial score (nSPS) is 11.2.